The quantitative estimate of drug-likeness (QED) is 0.428. The molecule has 0 saturated carbocycles. The number of hydrogen-bond acceptors (Lipinski definition) is 4. The van der Waals surface area contributed by atoms with Crippen LogP contribution in [0.2, 0.25) is 0 Å². The molecule has 48 valence electrons. The molecule has 1 aliphatic rings. The fourth-order valence-electron chi connectivity index (χ4n) is 0.476. The number of carbonyl (C=O) groups is 1. The van der Waals surface area contributed by atoms with Crippen LogP contribution >= 0.6 is 0 Å². The standard InChI is InChI=1S/C5H6N2O2/c1-4(8)9-5-2-6-3-7-5/h2H,3H2,1H3. The number of rotatable bonds is 0. The minimum atomic E-state index is -0.359. The van der Waals surface area contributed by atoms with Gasteiger partial charge in [0.05, 0.1) is 6.21 Å². The number of esters is 1. The molecule has 0 bridgehead atoms. The van der Waals surface area contributed by atoms with Crippen molar-refractivity contribution >= 4 is 18.1 Å². The van der Waals surface area contributed by atoms with Gasteiger partial charge in [-0.1, -0.05) is 0 Å². The molecule has 0 aliphatic carbocycles. The van der Waals surface area contributed by atoms with E-state index in [0.717, 1.165) is 0 Å². The van der Waals surface area contributed by atoms with E-state index in [9.17, 15) is 4.79 Å². The first-order valence-electron chi connectivity index (χ1n) is 2.52. The van der Waals surface area contributed by atoms with Gasteiger partial charge in [-0.25, -0.2) is 4.99 Å². The molecular formula is C5H6N2O2. The average Bonchev–Trinajstić information content (AvgIpc) is 2.15. The van der Waals surface area contributed by atoms with Gasteiger partial charge in [-0.3, -0.25) is 9.79 Å². The third-order valence-electron chi connectivity index (χ3n) is 0.758. The Hall–Kier alpha value is -1.19. The molecule has 0 aromatic carbocycles. The van der Waals surface area contributed by atoms with Crippen molar-refractivity contribution < 1.29 is 9.53 Å². The molecule has 0 saturated heterocycles. The molecule has 0 radical (unpaired) electrons. The first-order valence-corrected chi connectivity index (χ1v) is 2.52. The molecule has 4 heteroatoms. The molecule has 0 atom stereocenters. The second-order valence-electron chi connectivity index (χ2n) is 1.54. The van der Waals surface area contributed by atoms with Crippen LogP contribution in [0.4, 0.5) is 0 Å². The molecule has 0 N–H and O–H groups in total. The van der Waals surface area contributed by atoms with Gasteiger partial charge in [-0.2, -0.15) is 0 Å². The molecule has 1 aliphatic heterocycles. The van der Waals surface area contributed by atoms with Crippen molar-refractivity contribution in [3.63, 3.8) is 0 Å². The van der Waals surface area contributed by atoms with Gasteiger partial charge in [0.15, 0.2) is 0 Å². The van der Waals surface area contributed by atoms with E-state index in [1.54, 1.807) is 0 Å². The number of aliphatic imine (C=N–C) groups is 2. The van der Waals surface area contributed by atoms with Crippen LogP contribution < -0.4 is 0 Å². The van der Waals surface area contributed by atoms with Crippen LogP contribution in [0.5, 0.6) is 0 Å². The van der Waals surface area contributed by atoms with Crippen molar-refractivity contribution in [1.82, 2.24) is 0 Å². The summed E-state index contributed by atoms with van der Waals surface area (Å²) in [5.74, 6) is -0.0513. The summed E-state index contributed by atoms with van der Waals surface area (Å²) in [7, 11) is 0. The highest BCUT2D eigenvalue weighted by Crippen LogP contribution is 1.89. The maximum Gasteiger partial charge on any atom is 0.309 e. The highest BCUT2D eigenvalue weighted by molar-refractivity contribution is 6.29. The fraction of sp³-hybridized carbons (Fsp3) is 0.400. The zero-order valence-corrected chi connectivity index (χ0v) is 5.00. The topological polar surface area (TPSA) is 51.0 Å². The van der Waals surface area contributed by atoms with Gasteiger partial charge in [0, 0.05) is 6.92 Å². The monoisotopic (exact) mass is 126 g/mol. The van der Waals surface area contributed by atoms with Crippen molar-refractivity contribution in [2.75, 3.05) is 6.67 Å². The third-order valence-corrected chi connectivity index (χ3v) is 0.758. The molecule has 0 unspecified atom stereocenters. The van der Waals surface area contributed by atoms with Crippen LogP contribution in [0, 0.1) is 0 Å². The number of carbonyl (C=O) groups excluding carboxylic acids is 1. The van der Waals surface area contributed by atoms with E-state index in [1.807, 2.05) is 0 Å². The van der Waals surface area contributed by atoms with Crippen LogP contribution in [0.15, 0.2) is 9.98 Å². The van der Waals surface area contributed by atoms with Gasteiger partial charge in [0.25, 0.3) is 0 Å². The van der Waals surface area contributed by atoms with Gasteiger partial charge < -0.3 is 4.74 Å². The molecule has 0 spiro atoms. The molecule has 0 fully saturated rings. The summed E-state index contributed by atoms with van der Waals surface area (Å²) >= 11 is 0. The molecule has 1 heterocycles. The zero-order valence-electron chi connectivity index (χ0n) is 5.00. The van der Waals surface area contributed by atoms with Gasteiger partial charge in [0.2, 0.25) is 5.90 Å². The van der Waals surface area contributed by atoms with E-state index < -0.39 is 0 Å². The summed E-state index contributed by atoms with van der Waals surface area (Å²) in [6.07, 6.45) is 1.43. The number of hydrogen-bond donors (Lipinski definition) is 0. The summed E-state index contributed by atoms with van der Waals surface area (Å²) in [5.41, 5.74) is 0. The normalized spacial score (nSPS) is 15.4. The second kappa shape index (κ2) is 2.39. The van der Waals surface area contributed by atoms with Gasteiger partial charge in [-0.15, -0.1) is 0 Å². The summed E-state index contributed by atoms with van der Waals surface area (Å²) in [6, 6.07) is 0. The molecule has 9 heavy (non-hydrogen) atoms. The lowest BCUT2D eigenvalue weighted by atomic mass is 10.7. The zero-order chi connectivity index (χ0) is 6.69. The van der Waals surface area contributed by atoms with E-state index >= 15 is 0 Å². The molecule has 1 rings (SSSR count). The second-order valence-corrected chi connectivity index (χ2v) is 1.54. The van der Waals surface area contributed by atoms with Crippen LogP contribution in [0.3, 0.4) is 0 Å². The van der Waals surface area contributed by atoms with E-state index in [1.165, 1.54) is 13.1 Å². The van der Waals surface area contributed by atoms with Crippen molar-refractivity contribution in [2.24, 2.45) is 9.98 Å². The third kappa shape index (κ3) is 1.64. The summed E-state index contributed by atoms with van der Waals surface area (Å²) in [5, 5.41) is 0. The Bertz CT molecular complexity index is 183. The Kier molecular flexibility index (Phi) is 1.58. The Morgan fingerprint density at radius 2 is 2.67 bits per heavy atom. The van der Waals surface area contributed by atoms with Crippen LogP contribution in [0.1, 0.15) is 6.92 Å². The minimum absolute atomic E-state index is 0.308. The smallest absolute Gasteiger partial charge is 0.309 e. The van der Waals surface area contributed by atoms with Gasteiger partial charge >= 0.3 is 5.97 Å². The SMILES string of the molecule is CC(=O)OC1=NCN=C1. The Labute approximate surface area is 52.3 Å². The first kappa shape index (κ1) is 5.94. The van der Waals surface area contributed by atoms with Gasteiger partial charge in [-0.05, 0) is 0 Å². The summed E-state index contributed by atoms with van der Waals surface area (Å²) in [4.78, 5) is 17.7. The lowest BCUT2D eigenvalue weighted by Gasteiger charge is -1.92. The maximum absolute atomic E-state index is 10.2. The largest absolute Gasteiger partial charge is 0.406 e. The van der Waals surface area contributed by atoms with Crippen LogP contribution in [-0.2, 0) is 9.53 Å². The average molecular weight is 126 g/mol. The molecule has 0 aromatic heterocycles. The van der Waals surface area contributed by atoms with Crippen molar-refractivity contribution in [2.45, 2.75) is 6.92 Å². The van der Waals surface area contributed by atoms with Crippen molar-refractivity contribution in [1.29, 1.82) is 0 Å². The summed E-state index contributed by atoms with van der Waals surface area (Å²) < 4.78 is 4.57. The molecule has 0 amide bonds. The molecule has 0 aromatic rings. The van der Waals surface area contributed by atoms with Crippen LogP contribution in [0.25, 0.3) is 0 Å². The Morgan fingerprint density at radius 1 is 1.89 bits per heavy atom. The highest BCUT2D eigenvalue weighted by Gasteiger charge is 2.02. The first-order chi connectivity index (χ1) is 4.29. The number of nitrogens with zero attached hydrogens (tertiary/aromatic N) is 2. The molecular weight excluding hydrogens is 120 g/mol. The molecule has 4 nitrogen and oxygen atoms in total. The van der Waals surface area contributed by atoms with E-state index in [0.29, 0.717) is 12.6 Å². The fourth-order valence-corrected chi connectivity index (χ4v) is 0.476. The van der Waals surface area contributed by atoms with Crippen molar-refractivity contribution in [3.8, 4) is 0 Å². The minimum Gasteiger partial charge on any atom is -0.406 e. The van der Waals surface area contributed by atoms with E-state index in [-0.39, 0.29) is 5.97 Å². The Morgan fingerprint density at radius 3 is 3.11 bits per heavy atom. The Balaban J connectivity index is 2.45. The lowest BCUT2D eigenvalue weighted by Crippen LogP contribution is -2.07. The lowest BCUT2D eigenvalue weighted by molar-refractivity contribution is -0.132. The van der Waals surface area contributed by atoms with Gasteiger partial charge in [0.1, 0.15) is 6.67 Å². The van der Waals surface area contributed by atoms with Crippen molar-refractivity contribution in [3.05, 3.63) is 0 Å². The van der Waals surface area contributed by atoms with Crippen LogP contribution in [-0.4, -0.2) is 24.8 Å². The summed E-state index contributed by atoms with van der Waals surface area (Å²) in [6.45, 7) is 1.71. The highest BCUT2D eigenvalue weighted by atomic mass is 16.5. The predicted molar refractivity (Wildman–Crippen MR) is 32.6 cm³/mol. The predicted octanol–water partition coefficient (Wildman–Crippen LogP) is -0.0101. The maximum atomic E-state index is 10.2. The van der Waals surface area contributed by atoms with E-state index in [4.69, 9.17) is 0 Å². The van der Waals surface area contributed by atoms with E-state index in [2.05, 4.69) is 14.7 Å². The number of ether oxygens (including phenoxy) is 1.